The van der Waals surface area contributed by atoms with Gasteiger partial charge in [0.15, 0.2) is 5.65 Å². The molecule has 0 bridgehead atoms. The molecule has 136 valence electrons. The standard InChI is InChI=1S/C16H19F3N4O2/c1-15(2,3)25-14(24)22-8-6-10(9-22)23-12-11(5-4-7-20-12)21-13(23)16(17,18)19/h4-5,7,10H,6,8-9H2,1-3H3. The van der Waals surface area contributed by atoms with Crippen molar-refractivity contribution in [3.63, 3.8) is 0 Å². The molecule has 0 spiro atoms. The van der Waals surface area contributed by atoms with Gasteiger partial charge in [-0.3, -0.25) is 0 Å². The van der Waals surface area contributed by atoms with Gasteiger partial charge in [0.25, 0.3) is 0 Å². The molecule has 0 radical (unpaired) electrons. The number of alkyl halides is 3. The molecule has 1 unspecified atom stereocenters. The summed E-state index contributed by atoms with van der Waals surface area (Å²) in [6, 6.07) is 2.49. The summed E-state index contributed by atoms with van der Waals surface area (Å²) < 4.78 is 46.6. The number of aromatic nitrogens is 3. The molecule has 1 saturated heterocycles. The van der Waals surface area contributed by atoms with Crippen LogP contribution < -0.4 is 0 Å². The summed E-state index contributed by atoms with van der Waals surface area (Å²) in [5.41, 5.74) is -0.299. The molecule has 3 heterocycles. The number of amides is 1. The molecule has 0 saturated carbocycles. The lowest BCUT2D eigenvalue weighted by Crippen LogP contribution is -2.35. The largest absolute Gasteiger partial charge is 0.449 e. The maximum Gasteiger partial charge on any atom is 0.449 e. The fraction of sp³-hybridized carbons (Fsp3) is 0.562. The van der Waals surface area contributed by atoms with Crippen molar-refractivity contribution in [2.75, 3.05) is 13.1 Å². The van der Waals surface area contributed by atoms with Crippen LogP contribution in [-0.4, -0.2) is 44.2 Å². The van der Waals surface area contributed by atoms with Crippen molar-refractivity contribution in [3.05, 3.63) is 24.2 Å². The zero-order valence-corrected chi connectivity index (χ0v) is 14.2. The zero-order chi connectivity index (χ0) is 18.4. The van der Waals surface area contributed by atoms with Gasteiger partial charge in [-0.2, -0.15) is 13.2 Å². The van der Waals surface area contributed by atoms with Gasteiger partial charge >= 0.3 is 12.3 Å². The van der Waals surface area contributed by atoms with E-state index in [4.69, 9.17) is 4.74 Å². The Hall–Kier alpha value is -2.32. The quantitative estimate of drug-likeness (QED) is 0.783. The van der Waals surface area contributed by atoms with Crippen LogP contribution >= 0.6 is 0 Å². The van der Waals surface area contributed by atoms with Crippen LogP contribution in [0, 0.1) is 0 Å². The van der Waals surface area contributed by atoms with Crippen molar-refractivity contribution in [2.45, 2.75) is 45.0 Å². The number of hydrogen-bond donors (Lipinski definition) is 0. The summed E-state index contributed by atoms with van der Waals surface area (Å²) in [6.07, 6.45) is -3.31. The van der Waals surface area contributed by atoms with Crippen LogP contribution in [0.5, 0.6) is 0 Å². The fourth-order valence-electron chi connectivity index (χ4n) is 2.92. The van der Waals surface area contributed by atoms with E-state index in [0.29, 0.717) is 13.0 Å². The maximum absolute atomic E-state index is 13.4. The van der Waals surface area contributed by atoms with E-state index in [-0.39, 0.29) is 17.7 Å². The Labute approximate surface area is 142 Å². The van der Waals surface area contributed by atoms with E-state index in [9.17, 15) is 18.0 Å². The van der Waals surface area contributed by atoms with Gasteiger partial charge in [0.05, 0.1) is 6.04 Å². The fourth-order valence-corrected chi connectivity index (χ4v) is 2.92. The van der Waals surface area contributed by atoms with Crippen molar-refractivity contribution in [2.24, 2.45) is 0 Å². The molecule has 0 aliphatic carbocycles. The van der Waals surface area contributed by atoms with E-state index < -0.39 is 29.7 Å². The first-order valence-electron chi connectivity index (χ1n) is 7.94. The number of pyridine rings is 1. The van der Waals surface area contributed by atoms with Crippen LogP contribution in [-0.2, 0) is 10.9 Å². The van der Waals surface area contributed by atoms with Crippen molar-refractivity contribution in [1.29, 1.82) is 0 Å². The molecule has 3 rings (SSSR count). The van der Waals surface area contributed by atoms with Crippen LogP contribution in [0.4, 0.5) is 18.0 Å². The van der Waals surface area contributed by atoms with Gasteiger partial charge in [-0.15, -0.1) is 0 Å². The lowest BCUT2D eigenvalue weighted by molar-refractivity contribution is -0.147. The number of fused-ring (bicyclic) bond motifs is 1. The average Bonchev–Trinajstić information content (AvgIpc) is 3.09. The van der Waals surface area contributed by atoms with E-state index in [2.05, 4.69) is 9.97 Å². The van der Waals surface area contributed by atoms with E-state index in [1.54, 1.807) is 26.8 Å². The van der Waals surface area contributed by atoms with E-state index in [1.807, 2.05) is 0 Å². The molecule has 1 atom stereocenters. The molecule has 1 aliphatic heterocycles. The second kappa shape index (κ2) is 5.89. The highest BCUT2D eigenvalue weighted by atomic mass is 19.4. The third-order valence-electron chi connectivity index (χ3n) is 3.88. The summed E-state index contributed by atoms with van der Waals surface area (Å²) in [5.74, 6) is -0.989. The minimum Gasteiger partial charge on any atom is -0.444 e. The molecule has 25 heavy (non-hydrogen) atoms. The molecule has 6 nitrogen and oxygen atoms in total. The van der Waals surface area contributed by atoms with E-state index in [0.717, 1.165) is 4.57 Å². The van der Waals surface area contributed by atoms with Crippen LogP contribution in [0.2, 0.25) is 0 Å². The predicted molar refractivity (Wildman–Crippen MR) is 84.0 cm³/mol. The smallest absolute Gasteiger partial charge is 0.444 e. The van der Waals surface area contributed by atoms with Crippen LogP contribution in [0.3, 0.4) is 0 Å². The van der Waals surface area contributed by atoms with Crippen molar-refractivity contribution < 1.29 is 22.7 Å². The summed E-state index contributed by atoms with van der Waals surface area (Å²) in [7, 11) is 0. The monoisotopic (exact) mass is 356 g/mol. The first-order chi connectivity index (χ1) is 11.6. The molecular formula is C16H19F3N4O2. The minimum atomic E-state index is -4.60. The third kappa shape index (κ3) is 3.54. The first kappa shape index (κ1) is 17.5. The molecule has 1 fully saturated rings. The second-order valence-corrected chi connectivity index (χ2v) is 7.02. The average molecular weight is 356 g/mol. The third-order valence-corrected chi connectivity index (χ3v) is 3.88. The SMILES string of the molecule is CC(C)(C)OC(=O)N1CCC(n2c(C(F)(F)F)nc3cccnc32)C1. The number of likely N-dealkylation sites (tertiary alicyclic amines) is 1. The maximum atomic E-state index is 13.4. The number of halogens is 3. The number of nitrogens with zero attached hydrogens (tertiary/aromatic N) is 4. The molecule has 0 aromatic carbocycles. The van der Waals surface area contributed by atoms with Gasteiger partial charge in [-0.25, -0.2) is 14.8 Å². The second-order valence-electron chi connectivity index (χ2n) is 7.02. The summed E-state index contributed by atoms with van der Waals surface area (Å²) in [6.45, 7) is 5.68. The number of hydrogen-bond acceptors (Lipinski definition) is 4. The molecule has 0 N–H and O–H groups in total. The molecule has 1 amide bonds. The van der Waals surface area contributed by atoms with Crippen LogP contribution in [0.25, 0.3) is 11.2 Å². The topological polar surface area (TPSA) is 60.2 Å². The molecule has 1 aliphatic rings. The van der Waals surface area contributed by atoms with Gasteiger partial charge in [0.2, 0.25) is 5.82 Å². The van der Waals surface area contributed by atoms with Gasteiger partial charge in [0.1, 0.15) is 11.1 Å². The lowest BCUT2D eigenvalue weighted by atomic mass is 10.2. The molecule has 9 heteroatoms. The van der Waals surface area contributed by atoms with Gasteiger partial charge in [-0.1, -0.05) is 0 Å². The van der Waals surface area contributed by atoms with Crippen LogP contribution in [0.1, 0.15) is 39.1 Å². The normalized spacial score (nSPS) is 18.8. The highest BCUT2D eigenvalue weighted by Crippen LogP contribution is 2.36. The minimum absolute atomic E-state index is 0.125. The Morgan fingerprint density at radius 3 is 2.68 bits per heavy atom. The van der Waals surface area contributed by atoms with Crippen molar-refractivity contribution >= 4 is 17.3 Å². The van der Waals surface area contributed by atoms with E-state index in [1.165, 1.54) is 17.2 Å². The van der Waals surface area contributed by atoms with Gasteiger partial charge in [-0.05, 0) is 39.3 Å². The highest BCUT2D eigenvalue weighted by molar-refractivity contribution is 5.72. The highest BCUT2D eigenvalue weighted by Gasteiger charge is 2.41. The Bertz CT molecular complexity index is 795. The predicted octanol–water partition coefficient (Wildman–Crippen LogP) is 3.63. The zero-order valence-electron chi connectivity index (χ0n) is 14.2. The van der Waals surface area contributed by atoms with Gasteiger partial charge in [0, 0.05) is 19.3 Å². The Morgan fingerprint density at radius 2 is 2.04 bits per heavy atom. The molecular weight excluding hydrogens is 337 g/mol. The lowest BCUT2D eigenvalue weighted by Gasteiger charge is -2.24. The number of imidazole rings is 1. The van der Waals surface area contributed by atoms with Gasteiger partial charge < -0.3 is 14.2 Å². The van der Waals surface area contributed by atoms with Crippen LogP contribution in [0.15, 0.2) is 18.3 Å². The first-order valence-corrected chi connectivity index (χ1v) is 7.94. The summed E-state index contributed by atoms with van der Waals surface area (Å²) in [4.78, 5) is 21.3. The summed E-state index contributed by atoms with van der Waals surface area (Å²) in [5, 5.41) is 0. The van der Waals surface area contributed by atoms with Crippen molar-refractivity contribution in [3.8, 4) is 0 Å². The Morgan fingerprint density at radius 1 is 1.32 bits per heavy atom. The number of carbonyl (C=O) groups is 1. The molecule has 2 aromatic rings. The number of ether oxygens (including phenoxy) is 1. The van der Waals surface area contributed by atoms with Crippen molar-refractivity contribution in [1.82, 2.24) is 19.4 Å². The summed E-state index contributed by atoms with van der Waals surface area (Å²) >= 11 is 0. The molecule has 2 aromatic heterocycles. The van der Waals surface area contributed by atoms with E-state index >= 15 is 0 Å². The Kier molecular flexibility index (Phi) is 4.12. The Balaban J connectivity index is 1.91. The number of rotatable bonds is 1. The number of carbonyl (C=O) groups excluding carboxylic acids is 1.